The van der Waals surface area contributed by atoms with Gasteiger partial charge in [-0.05, 0) is 13.3 Å². The molecule has 2 aliphatic rings. The number of amidine groups is 1. The molecule has 1 fully saturated rings. The van der Waals surface area contributed by atoms with Crippen molar-refractivity contribution < 1.29 is 4.74 Å². The summed E-state index contributed by atoms with van der Waals surface area (Å²) in [6.45, 7) is 2.08. The van der Waals surface area contributed by atoms with Crippen LogP contribution in [-0.2, 0) is 4.74 Å². The quantitative estimate of drug-likeness (QED) is 0.500. The molecule has 1 aliphatic heterocycles. The maximum Gasteiger partial charge on any atom is 0.282 e. The molecule has 1 saturated carbocycles. The van der Waals surface area contributed by atoms with Gasteiger partial charge in [-0.15, -0.1) is 0 Å². The molecule has 1 aliphatic carbocycles. The summed E-state index contributed by atoms with van der Waals surface area (Å²) >= 11 is 0. The van der Waals surface area contributed by atoms with E-state index in [2.05, 4.69) is 11.9 Å². The van der Waals surface area contributed by atoms with Gasteiger partial charge in [-0.3, -0.25) is 0 Å². The highest BCUT2D eigenvalue weighted by molar-refractivity contribution is 5.73. The van der Waals surface area contributed by atoms with E-state index in [1.54, 1.807) is 0 Å². The van der Waals surface area contributed by atoms with E-state index in [0.717, 1.165) is 6.42 Å². The third kappa shape index (κ3) is 0.677. The van der Waals surface area contributed by atoms with Crippen molar-refractivity contribution in [3.8, 4) is 0 Å². The fourth-order valence-corrected chi connectivity index (χ4v) is 1.31. The van der Waals surface area contributed by atoms with Crippen LogP contribution in [0, 0.1) is 5.92 Å². The molecular weight excluding hydrogens is 116 g/mol. The second kappa shape index (κ2) is 1.40. The first kappa shape index (κ1) is 5.09. The summed E-state index contributed by atoms with van der Waals surface area (Å²) in [6.07, 6.45) is 1.54. The number of rotatable bonds is 0. The minimum Gasteiger partial charge on any atom is -0.462 e. The molecule has 9 heavy (non-hydrogen) atoms. The van der Waals surface area contributed by atoms with Crippen molar-refractivity contribution in [1.82, 2.24) is 0 Å². The number of fused-ring (bicyclic) bond motifs is 1. The fraction of sp³-hybridized carbons (Fsp3) is 0.833. The summed E-state index contributed by atoms with van der Waals surface area (Å²) in [6, 6.07) is 0.769. The van der Waals surface area contributed by atoms with Crippen molar-refractivity contribution in [2.45, 2.75) is 25.5 Å². The van der Waals surface area contributed by atoms with Crippen molar-refractivity contribution in [2.24, 2.45) is 16.6 Å². The molecule has 50 valence electrons. The molecule has 0 spiro atoms. The Morgan fingerprint density at radius 2 is 2.56 bits per heavy atom. The summed E-state index contributed by atoms with van der Waals surface area (Å²) in [4.78, 5) is 4.08. The van der Waals surface area contributed by atoms with Crippen LogP contribution in [0.25, 0.3) is 0 Å². The van der Waals surface area contributed by atoms with Crippen molar-refractivity contribution in [3.05, 3.63) is 0 Å². The topological polar surface area (TPSA) is 47.6 Å². The van der Waals surface area contributed by atoms with Crippen molar-refractivity contribution in [2.75, 3.05) is 0 Å². The number of hydrogen-bond acceptors (Lipinski definition) is 3. The Hall–Kier alpha value is -0.730. The highest BCUT2D eigenvalue weighted by Crippen LogP contribution is 2.40. The highest BCUT2D eigenvalue weighted by Gasteiger charge is 2.46. The fourth-order valence-electron chi connectivity index (χ4n) is 1.31. The third-order valence-electron chi connectivity index (χ3n) is 2.00. The first-order valence-corrected chi connectivity index (χ1v) is 3.27. The number of ether oxygens (including phenoxy) is 1. The second-order valence-electron chi connectivity index (χ2n) is 2.76. The van der Waals surface area contributed by atoms with Gasteiger partial charge in [-0.25, -0.2) is 4.99 Å². The first-order chi connectivity index (χ1) is 4.27. The van der Waals surface area contributed by atoms with Gasteiger partial charge in [0.15, 0.2) is 0 Å². The molecule has 0 aromatic carbocycles. The number of nitrogens with two attached hydrogens (primary N) is 1. The lowest BCUT2D eigenvalue weighted by Crippen LogP contribution is -2.26. The molecule has 2 N–H and O–H groups in total. The van der Waals surface area contributed by atoms with Crippen LogP contribution in [0.5, 0.6) is 0 Å². The Labute approximate surface area is 53.9 Å². The van der Waals surface area contributed by atoms with E-state index in [1.165, 1.54) is 0 Å². The Morgan fingerprint density at radius 1 is 1.78 bits per heavy atom. The Balaban J connectivity index is 2.16. The summed E-state index contributed by atoms with van der Waals surface area (Å²) in [5, 5.41) is 0. The van der Waals surface area contributed by atoms with Crippen LogP contribution < -0.4 is 5.73 Å². The maximum atomic E-state index is 5.37. The SMILES string of the molecule is C[C@@H]1N=C(N)O[C@H]2C[C@@H]12. The predicted molar refractivity (Wildman–Crippen MR) is 34.1 cm³/mol. The zero-order valence-electron chi connectivity index (χ0n) is 5.37. The van der Waals surface area contributed by atoms with E-state index in [0.29, 0.717) is 24.1 Å². The number of nitrogens with zero attached hydrogens (tertiary/aromatic N) is 1. The molecule has 0 unspecified atom stereocenters. The van der Waals surface area contributed by atoms with E-state index in [-0.39, 0.29) is 0 Å². The van der Waals surface area contributed by atoms with Crippen LogP contribution in [0.15, 0.2) is 4.99 Å². The smallest absolute Gasteiger partial charge is 0.282 e. The lowest BCUT2D eigenvalue weighted by molar-refractivity contribution is 0.239. The maximum absolute atomic E-state index is 5.37. The van der Waals surface area contributed by atoms with Gasteiger partial charge in [0.1, 0.15) is 6.10 Å². The molecule has 2 rings (SSSR count). The molecule has 0 bridgehead atoms. The predicted octanol–water partition coefficient (Wildman–Crippen LogP) is 0.108. The van der Waals surface area contributed by atoms with E-state index < -0.39 is 0 Å². The zero-order valence-corrected chi connectivity index (χ0v) is 5.37. The zero-order chi connectivity index (χ0) is 6.43. The molecule has 3 heteroatoms. The summed E-state index contributed by atoms with van der Waals surface area (Å²) in [7, 11) is 0. The summed E-state index contributed by atoms with van der Waals surface area (Å²) in [5.74, 6) is 0.664. The molecule has 3 nitrogen and oxygen atoms in total. The van der Waals surface area contributed by atoms with Crippen LogP contribution in [0.1, 0.15) is 13.3 Å². The largest absolute Gasteiger partial charge is 0.462 e. The summed E-state index contributed by atoms with van der Waals surface area (Å²) < 4.78 is 5.16. The number of hydrogen-bond donors (Lipinski definition) is 1. The molecule has 0 aromatic heterocycles. The third-order valence-corrected chi connectivity index (χ3v) is 2.00. The van der Waals surface area contributed by atoms with E-state index in [1.807, 2.05) is 0 Å². The molecule has 0 saturated heterocycles. The lowest BCUT2D eigenvalue weighted by Gasteiger charge is -2.13. The first-order valence-electron chi connectivity index (χ1n) is 3.27. The molecule has 0 radical (unpaired) electrons. The average molecular weight is 126 g/mol. The number of aliphatic imine (C=N–C) groups is 1. The van der Waals surface area contributed by atoms with Gasteiger partial charge in [0, 0.05) is 5.92 Å². The molecule has 3 atom stereocenters. The van der Waals surface area contributed by atoms with E-state index >= 15 is 0 Å². The Morgan fingerprint density at radius 3 is 3.22 bits per heavy atom. The van der Waals surface area contributed by atoms with Gasteiger partial charge in [0.2, 0.25) is 0 Å². The van der Waals surface area contributed by atoms with Crippen LogP contribution >= 0.6 is 0 Å². The molecule has 1 heterocycles. The normalized spacial score (nSPS) is 46.8. The van der Waals surface area contributed by atoms with Gasteiger partial charge >= 0.3 is 0 Å². The highest BCUT2D eigenvalue weighted by atomic mass is 16.5. The Kier molecular flexibility index (Phi) is 0.793. The van der Waals surface area contributed by atoms with Crippen LogP contribution in [-0.4, -0.2) is 18.2 Å². The van der Waals surface area contributed by atoms with Crippen LogP contribution in [0.4, 0.5) is 0 Å². The van der Waals surface area contributed by atoms with Gasteiger partial charge in [-0.1, -0.05) is 0 Å². The van der Waals surface area contributed by atoms with Gasteiger partial charge in [-0.2, -0.15) is 0 Å². The average Bonchev–Trinajstić information content (AvgIpc) is 2.43. The standard InChI is InChI=1S/C6H10N2O/c1-3-4-2-5(4)9-6(7)8-3/h3-5H,2H2,1H3,(H2,7,8)/t3-,4-,5-/m0/s1. The van der Waals surface area contributed by atoms with E-state index in [9.17, 15) is 0 Å². The van der Waals surface area contributed by atoms with E-state index in [4.69, 9.17) is 10.5 Å². The lowest BCUT2D eigenvalue weighted by atomic mass is 10.2. The van der Waals surface area contributed by atoms with Crippen molar-refractivity contribution >= 4 is 6.02 Å². The minimum absolute atomic E-state index is 0.376. The summed E-state index contributed by atoms with van der Waals surface area (Å²) in [5.41, 5.74) is 5.37. The minimum atomic E-state index is 0.376. The molecule has 0 amide bonds. The van der Waals surface area contributed by atoms with Crippen LogP contribution in [0.3, 0.4) is 0 Å². The molecular formula is C6H10N2O. The van der Waals surface area contributed by atoms with Gasteiger partial charge in [0.25, 0.3) is 6.02 Å². The van der Waals surface area contributed by atoms with Crippen molar-refractivity contribution in [1.29, 1.82) is 0 Å². The second-order valence-corrected chi connectivity index (χ2v) is 2.76. The molecule has 0 aromatic rings. The van der Waals surface area contributed by atoms with Crippen LogP contribution in [0.2, 0.25) is 0 Å². The van der Waals surface area contributed by atoms with Gasteiger partial charge < -0.3 is 10.5 Å². The van der Waals surface area contributed by atoms with Gasteiger partial charge in [0.05, 0.1) is 6.04 Å². The Bertz CT molecular complexity index is 166. The monoisotopic (exact) mass is 126 g/mol. The van der Waals surface area contributed by atoms with Crippen molar-refractivity contribution in [3.63, 3.8) is 0 Å².